The maximum absolute atomic E-state index is 13.0. The molecule has 12 heavy (non-hydrogen) atoms. The SMILES string of the molecule is O=Cc1cc2cccc(F)c2[nH]1. The first-order valence-electron chi connectivity index (χ1n) is 3.53. The van der Waals surface area contributed by atoms with Gasteiger partial charge >= 0.3 is 0 Å². The number of H-pyrrole nitrogens is 1. The van der Waals surface area contributed by atoms with Gasteiger partial charge in [-0.2, -0.15) is 0 Å². The highest BCUT2D eigenvalue weighted by atomic mass is 19.1. The van der Waals surface area contributed by atoms with Crippen molar-refractivity contribution < 1.29 is 9.18 Å². The molecule has 0 aliphatic heterocycles. The molecule has 0 saturated heterocycles. The average molecular weight is 163 g/mol. The molecule has 2 nitrogen and oxygen atoms in total. The van der Waals surface area contributed by atoms with Crippen LogP contribution in [0.15, 0.2) is 24.3 Å². The zero-order chi connectivity index (χ0) is 8.55. The first-order chi connectivity index (χ1) is 5.81. The van der Waals surface area contributed by atoms with E-state index in [4.69, 9.17) is 0 Å². The van der Waals surface area contributed by atoms with Crippen LogP contribution in [0.1, 0.15) is 10.5 Å². The Kier molecular flexibility index (Phi) is 1.43. The van der Waals surface area contributed by atoms with Crippen molar-refractivity contribution in [2.45, 2.75) is 0 Å². The molecule has 1 N–H and O–H groups in total. The predicted molar refractivity (Wildman–Crippen MR) is 43.6 cm³/mol. The maximum atomic E-state index is 13.0. The number of nitrogens with one attached hydrogen (secondary N) is 1. The first kappa shape index (κ1) is 7.03. The summed E-state index contributed by atoms with van der Waals surface area (Å²) in [4.78, 5) is 13.0. The lowest BCUT2D eigenvalue weighted by molar-refractivity contribution is 0.112. The van der Waals surface area contributed by atoms with Crippen LogP contribution in [0.2, 0.25) is 0 Å². The first-order valence-corrected chi connectivity index (χ1v) is 3.53. The van der Waals surface area contributed by atoms with Crippen molar-refractivity contribution in [1.82, 2.24) is 4.98 Å². The summed E-state index contributed by atoms with van der Waals surface area (Å²) in [7, 11) is 0. The number of aldehydes is 1. The minimum absolute atomic E-state index is 0.333. The Morgan fingerprint density at radius 3 is 2.92 bits per heavy atom. The Labute approximate surface area is 68.0 Å². The highest BCUT2D eigenvalue weighted by Crippen LogP contribution is 2.16. The fourth-order valence-electron chi connectivity index (χ4n) is 1.20. The number of carbonyl (C=O) groups is 1. The topological polar surface area (TPSA) is 32.9 Å². The molecule has 3 heteroatoms. The number of carbonyl (C=O) groups excluding carboxylic acids is 1. The van der Waals surface area contributed by atoms with Crippen LogP contribution in [0, 0.1) is 5.82 Å². The Hall–Kier alpha value is -1.64. The van der Waals surface area contributed by atoms with E-state index in [1.54, 1.807) is 18.2 Å². The largest absolute Gasteiger partial charge is 0.350 e. The Bertz CT molecular complexity index is 433. The number of hydrogen-bond donors (Lipinski definition) is 1. The van der Waals surface area contributed by atoms with E-state index in [-0.39, 0.29) is 5.82 Å². The van der Waals surface area contributed by atoms with Gasteiger partial charge in [-0.25, -0.2) is 4.39 Å². The van der Waals surface area contributed by atoms with Crippen molar-refractivity contribution in [1.29, 1.82) is 0 Å². The van der Waals surface area contributed by atoms with Crippen LogP contribution >= 0.6 is 0 Å². The van der Waals surface area contributed by atoms with E-state index in [2.05, 4.69) is 4.98 Å². The lowest BCUT2D eigenvalue weighted by Crippen LogP contribution is -1.78. The summed E-state index contributed by atoms with van der Waals surface area (Å²) in [6, 6.07) is 6.33. The minimum atomic E-state index is -0.333. The second-order valence-corrected chi connectivity index (χ2v) is 2.55. The van der Waals surface area contributed by atoms with Crippen molar-refractivity contribution in [3.63, 3.8) is 0 Å². The van der Waals surface area contributed by atoms with Gasteiger partial charge in [0.1, 0.15) is 5.82 Å². The van der Waals surface area contributed by atoms with E-state index in [9.17, 15) is 9.18 Å². The van der Waals surface area contributed by atoms with E-state index in [1.165, 1.54) is 6.07 Å². The summed E-state index contributed by atoms with van der Waals surface area (Å²) in [5.74, 6) is -0.333. The van der Waals surface area contributed by atoms with E-state index in [0.717, 1.165) is 5.39 Å². The molecule has 60 valence electrons. The smallest absolute Gasteiger partial charge is 0.166 e. The minimum Gasteiger partial charge on any atom is -0.350 e. The summed E-state index contributed by atoms with van der Waals surface area (Å²) >= 11 is 0. The molecule has 1 aromatic heterocycles. The number of benzene rings is 1. The second-order valence-electron chi connectivity index (χ2n) is 2.55. The van der Waals surface area contributed by atoms with Gasteiger partial charge in [-0.15, -0.1) is 0 Å². The van der Waals surface area contributed by atoms with Gasteiger partial charge in [0.25, 0.3) is 0 Å². The number of hydrogen-bond acceptors (Lipinski definition) is 1. The van der Waals surface area contributed by atoms with Crippen LogP contribution in [0.4, 0.5) is 4.39 Å². The molecule has 0 atom stereocenters. The number of aromatic nitrogens is 1. The second kappa shape index (κ2) is 2.44. The van der Waals surface area contributed by atoms with Crippen molar-refractivity contribution >= 4 is 17.2 Å². The number of fused-ring (bicyclic) bond motifs is 1. The standard InChI is InChI=1S/C9H6FNO/c10-8-3-1-2-6-4-7(5-12)11-9(6)8/h1-5,11H. The summed E-state index contributed by atoms with van der Waals surface area (Å²) in [6.45, 7) is 0. The molecule has 0 aliphatic rings. The Balaban J connectivity index is 2.82. The normalized spacial score (nSPS) is 10.4. The van der Waals surface area contributed by atoms with Gasteiger partial charge in [0.05, 0.1) is 11.2 Å². The highest BCUT2D eigenvalue weighted by Gasteiger charge is 2.02. The molecule has 0 radical (unpaired) electrons. The Morgan fingerprint density at radius 1 is 1.42 bits per heavy atom. The number of aromatic amines is 1. The quantitative estimate of drug-likeness (QED) is 0.641. The summed E-state index contributed by atoms with van der Waals surface area (Å²) in [5.41, 5.74) is 0.787. The number of rotatable bonds is 1. The highest BCUT2D eigenvalue weighted by molar-refractivity contribution is 5.88. The van der Waals surface area contributed by atoms with E-state index >= 15 is 0 Å². The zero-order valence-electron chi connectivity index (χ0n) is 6.17. The fraction of sp³-hybridized carbons (Fsp3) is 0. The van der Waals surface area contributed by atoms with E-state index < -0.39 is 0 Å². The van der Waals surface area contributed by atoms with Crippen LogP contribution in [0.5, 0.6) is 0 Å². The molecule has 1 heterocycles. The van der Waals surface area contributed by atoms with E-state index in [1.807, 2.05) is 0 Å². The van der Waals surface area contributed by atoms with Crippen LogP contribution in [0.25, 0.3) is 10.9 Å². The molecular formula is C9H6FNO. The molecule has 0 amide bonds. The molecule has 0 fully saturated rings. The summed E-state index contributed by atoms with van der Waals surface area (Å²) < 4.78 is 13.0. The third kappa shape index (κ3) is 0.906. The molecule has 2 rings (SSSR count). The van der Waals surface area contributed by atoms with Crippen LogP contribution in [0.3, 0.4) is 0 Å². The van der Waals surface area contributed by atoms with Crippen molar-refractivity contribution in [3.05, 3.63) is 35.8 Å². The van der Waals surface area contributed by atoms with Crippen molar-refractivity contribution in [2.75, 3.05) is 0 Å². The monoisotopic (exact) mass is 163 g/mol. The number of halogens is 1. The molecule has 0 aliphatic carbocycles. The lowest BCUT2D eigenvalue weighted by atomic mass is 10.2. The van der Waals surface area contributed by atoms with E-state index in [0.29, 0.717) is 17.5 Å². The zero-order valence-corrected chi connectivity index (χ0v) is 6.17. The molecule has 1 aromatic carbocycles. The molecule has 0 unspecified atom stereocenters. The average Bonchev–Trinajstić information content (AvgIpc) is 2.49. The number of para-hydroxylation sites is 1. The summed E-state index contributed by atoms with van der Waals surface area (Å²) in [6.07, 6.45) is 0.666. The van der Waals surface area contributed by atoms with Gasteiger partial charge in [-0.05, 0) is 12.1 Å². The maximum Gasteiger partial charge on any atom is 0.166 e. The molecule has 0 bridgehead atoms. The molecular weight excluding hydrogens is 157 g/mol. The van der Waals surface area contributed by atoms with Gasteiger partial charge in [0.15, 0.2) is 6.29 Å². The molecule has 0 spiro atoms. The fourth-order valence-corrected chi connectivity index (χ4v) is 1.20. The predicted octanol–water partition coefficient (Wildman–Crippen LogP) is 2.12. The lowest BCUT2D eigenvalue weighted by Gasteiger charge is -1.88. The van der Waals surface area contributed by atoms with Gasteiger partial charge in [0.2, 0.25) is 0 Å². The Morgan fingerprint density at radius 2 is 2.25 bits per heavy atom. The van der Waals surface area contributed by atoms with Crippen molar-refractivity contribution in [2.24, 2.45) is 0 Å². The van der Waals surface area contributed by atoms with Gasteiger partial charge in [-0.3, -0.25) is 4.79 Å². The van der Waals surface area contributed by atoms with Crippen LogP contribution in [-0.2, 0) is 0 Å². The third-order valence-electron chi connectivity index (χ3n) is 1.75. The van der Waals surface area contributed by atoms with Gasteiger partial charge < -0.3 is 4.98 Å². The van der Waals surface area contributed by atoms with Crippen molar-refractivity contribution in [3.8, 4) is 0 Å². The van der Waals surface area contributed by atoms with Gasteiger partial charge in [0, 0.05) is 5.39 Å². The van der Waals surface area contributed by atoms with Gasteiger partial charge in [-0.1, -0.05) is 12.1 Å². The third-order valence-corrected chi connectivity index (χ3v) is 1.75. The van der Waals surface area contributed by atoms with Crippen LogP contribution in [-0.4, -0.2) is 11.3 Å². The summed E-state index contributed by atoms with van der Waals surface area (Å²) in [5, 5.41) is 0.720. The molecule has 0 saturated carbocycles. The van der Waals surface area contributed by atoms with Crippen LogP contribution < -0.4 is 0 Å². The molecule has 2 aromatic rings.